The van der Waals surface area contributed by atoms with Crippen molar-refractivity contribution < 1.29 is 0 Å². The highest BCUT2D eigenvalue weighted by molar-refractivity contribution is 6.00. The first-order valence-electron chi connectivity index (χ1n) is 13.4. The second-order valence-electron chi connectivity index (χ2n) is 10.2. The Labute approximate surface area is 222 Å². The van der Waals surface area contributed by atoms with Gasteiger partial charge in [-0.25, -0.2) is 0 Å². The Morgan fingerprint density at radius 1 is 0.947 bits per heavy atom. The van der Waals surface area contributed by atoms with Crippen LogP contribution in [0.25, 0.3) is 44.3 Å². The topological polar surface area (TPSA) is 88.8 Å². The molecule has 6 rings (SSSR count). The first-order valence-corrected chi connectivity index (χ1v) is 13.4. The molecule has 194 valence electrons. The molecule has 0 spiro atoms. The maximum atomic E-state index is 4.70. The number of pyridine rings is 2. The van der Waals surface area contributed by atoms with Gasteiger partial charge in [-0.15, -0.1) is 0 Å². The molecule has 0 unspecified atom stereocenters. The second-order valence-corrected chi connectivity index (χ2v) is 10.2. The summed E-state index contributed by atoms with van der Waals surface area (Å²) in [5.74, 6) is 0. The van der Waals surface area contributed by atoms with Gasteiger partial charge in [-0.3, -0.25) is 15.1 Å². The molecule has 0 saturated carbocycles. The van der Waals surface area contributed by atoms with Gasteiger partial charge in [0.15, 0.2) is 0 Å². The van der Waals surface area contributed by atoms with Crippen molar-refractivity contribution in [2.45, 2.75) is 26.2 Å². The van der Waals surface area contributed by atoms with Gasteiger partial charge in [-0.1, -0.05) is 26.0 Å². The molecule has 5 aromatic rings. The smallest absolute Gasteiger partial charge is 0.116 e. The van der Waals surface area contributed by atoms with Crippen molar-refractivity contribution in [3.8, 4) is 22.5 Å². The highest BCUT2D eigenvalue weighted by Crippen LogP contribution is 2.35. The lowest BCUT2D eigenvalue weighted by molar-refractivity contribution is 0.313. The number of piperazine rings is 1. The minimum atomic E-state index is 0.901. The van der Waals surface area contributed by atoms with E-state index in [1.165, 1.54) is 11.1 Å². The van der Waals surface area contributed by atoms with E-state index in [1.807, 2.05) is 24.8 Å². The molecule has 0 amide bonds. The predicted octanol–water partition coefficient (Wildman–Crippen LogP) is 6.04. The molecule has 8 heteroatoms. The van der Waals surface area contributed by atoms with E-state index in [9.17, 15) is 0 Å². The Kier molecular flexibility index (Phi) is 6.55. The number of likely N-dealkylation sites (N-methyl/N-ethyl adjacent to an activating group) is 1. The van der Waals surface area contributed by atoms with Crippen LogP contribution >= 0.6 is 0 Å². The zero-order valence-electron chi connectivity index (χ0n) is 22.1. The van der Waals surface area contributed by atoms with Gasteiger partial charge in [-0.05, 0) is 49.7 Å². The van der Waals surface area contributed by atoms with E-state index in [2.05, 4.69) is 86.0 Å². The number of rotatable bonds is 8. The largest absolute Gasteiger partial charge is 0.367 e. The molecular weight excluding hydrogens is 472 g/mol. The van der Waals surface area contributed by atoms with Crippen molar-refractivity contribution in [3.63, 3.8) is 0 Å². The maximum absolute atomic E-state index is 4.70. The van der Waals surface area contributed by atoms with Crippen LogP contribution in [-0.2, 0) is 0 Å². The predicted molar refractivity (Wildman–Crippen MR) is 156 cm³/mol. The van der Waals surface area contributed by atoms with Gasteiger partial charge in [0.2, 0.25) is 0 Å². The molecular formula is C30H34N8. The number of hydrogen-bond acceptors (Lipinski definition) is 6. The fourth-order valence-electron chi connectivity index (χ4n) is 5.19. The zero-order chi connectivity index (χ0) is 26.1. The van der Waals surface area contributed by atoms with E-state index < -0.39 is 0 Å². The molecule has 1 aliphatic heterocycles. The molecule has 0 radical (unpaired) electrons. The van der Waals surface area contributed by atoms with Crippen LogP contribution in [-0.4, -0.2) is 63.3 Å². The van der Waals surface area contributed by atoms with Gasteiger partial charge < -0.3 is 20.1 Å². The average Bonchev–Trinajstić information content (AvgIpc) is 3.56. The number of aromatic amines is 2. The summed E-state index contributed by atoms with van der Waals surface area (Å²) in [5, 5.41) is 13.6. The molecule has 1 aromatic carbocycles. The first-order chi connectivity index (χ1) is 18.6. The van der Waals surface area contributed by atoms with Gasteiger partial charge in [0.1, 0.15) is 5.69 Å². The number of fused-ring (bicyclic) bond motifs is 2. The van der Waals surface area contributed by atoms with Crippen molar-refractivity contribution in [1.29, 1.82) is 0 Å². The fourth-order valence-corrected chi connectivity index (χ4v) is 5.19. The highest BCUT2D eigenvalue weighted by Gasteiger charge is 2.19. The number of hydrogen-bond donors (Lipinski definition) is 3. The van der Waals surface area contributed by atoms with Crippen LogP contribution in [0.15, 0.2) is 67.4 Å². The van der Waals surface area contributed by atoms with Crippen molar-refractivity contribution in [2.24, 2.45) is 0 Å². The minimum absolute atomic E-state index is 0.901. The van der Waals surface area contributed by atoms with Crippen LogP contribution < -0.4 is 10.2 Å². The second kappa shape index (κ2) is 10.3. The minimum Gasteiger partial charge on any atom is -0.367 e. The lowest BCUT2D eigenvalue weighted by Gasteiger charge is -2.34. The van der Waals surface area contributed by atoms with Crippen LogP contribution in [0.4, 0.5) is 11.4 Å². The molecule has 3 N–H and O–H groups in total. The number of unbranched alkanes of at least 4 members (excludes halogenated alkanes) is 1. The zero-order valence-corrected chi connectivity index (χ0v) is 22.1. The van der Waals surface area contributed by atoms with Crippen molar-refractivity contribution in [1.82, 2.24) is 30.0 Å². The Morgan fingerprint density at radius 2 is 1.79 bits per heavy atom. The molecule has 8 nitrogen and oxygen atoms in total. The van der Waals surface area contributed by atoms with E-state index >= 15 is 0 Å². The lowest BCUT2D eigenvalue weighted by atomic mass is 10.0. The van der Waals surface area contributed by atoms with Crippen LogP contribution in [0.2, 0.25) is 0 Å². The van der Waals surface area contributed by atoms with E-state index in [0.717, 1.165) is 95.8 Å². The third kappa shape index (κ3) is 4.75. The van der Waals surface area contributed by atoms with E-state index in [4.69, 9.17) is 5.10 Å². The average molecular weight is 507 g/mol. The Morgan fingerprint density at radius 3 is 2.63 bits per heavy atom. The molecule has 0 atom stereocenters. The van der Waals surface area contributed by atoms with Crippen molar-refractivity contribution in [3.05, 3.63) is 67.4 Å². The fraction of sp³-hybridized carbons (Fsp3) is 0.300. The summed E-state index contributed by atoms with van der Waals surface area (Å²) in [6, 6.07) is 10.7. The summed E-state index contributed by atoms with van der Waals surface area (Å²) in [4.78, 5) is 17.4. The van der Waals surface area contributed by atoms with Crippen LogP contribution in [0.3, 0.4) is 0 Å². The van der Waals surface area contributed by atoms with E-state index in [1.54, 1.807) is 0 Å². The standard InChI is InChI=1S/C30H34N8/c1-4-5-6-20(2)33-23-13-22(16-31-17-23)21-7-8-26-25(14-21)30(36-35-26)27-15-24-28(34-27)18-32-19-29(24)38-11-9-37(3)10-12-38/h7-8,13-19,33-34H,2,4-6,9-12H2,1,3H3,(H,35,36). The highest BCUT2D eigenvalue weighted by atomic mass is 15.3. The number of benzene rings is 1. The van der Waals surface area contributed by atoms with Crippen LogP contribution in [0.1, 0.15) is 26.2 Å². The maximum Gasteiger partial charge on any atom is 0.116 e. The summed E-state index contributed by atoms with van der Waals surface area (Å²) < 4.78 is 0. The van der Waals surface area contributed by atoms with Crippen molar-refractivity contribution in [2.75, 3.05) is 43.4 Å². The Hall–Kier alpha value is -4.17. The third-order valence-electron chi connectivity index (χ3n) is 7.41. The molecule has 0 aliphatic carbocycles. The molecule has 38 heavy (non-hydrogen) atoms. The number of H-pyrrole nitrogens is 2. The number of nitrogens with zero attached hydrogens (tertiary/aromatic N) is 5. The molecule has 5 heterocycles. The molecule has 4 aromatic heterocycles. The van der Waals surface area contributed by atoms with Gasteiger partial charge >= 0.3 is 0 Å². The summed E-state index contributed by atoms with van der Waals surface area (Å²) >= 11 is 0. The monoisotopic (exact) mass is 506 g/mol. The van der Waals surface area contributed by atoms with Crippen LogP contribution in [0, 0.1) is 0 Å². The lowest BCUT2D eigenvalue weighted by Crippen LogP contribution is -2.44. The third-order valence-corrected chi connectivity index (χ3v) is 7.41. The van der Waals surface area contributed by atoms with E-state index in [0.29, 0.717) is 0 Å². The summed E-state index contributed by atoms with van der Waals surface area (Å²) in [7, 11) is 2.18. The molecule has 1 aliphatic rings. The first kappa shape index (κ1) is 24.2. The van der Waals surface area contributed by atoms with Crippen LogP contribution in [0.5, 0.6) is 0 Å². The van der Waals surface area contributed by atoms with E-state index in [-0.39, 0.29) is 0 Å². The van der Waals surface area contributed by atoms with Gasteiger partial charge in [0.05, 0.1) is 46.7 Å². The van der Waals surface area contributed by atoms with Gasteiger partial charge in [-0.2, -0.15) is 5.10 Å². The number of nitrogens with one attached hydrogen (secondary N) is 3. The molecule has 0 bridgehead atoms. The Balaban J connectivity index is 1.33. The quantitative estimate of drug-likeness (QED) is 0.238. The summed E-state index contributed by atoms with van der Waals surface area (Å²) in [5.41, 5.74) is 9.18. The normalized spacial score (nSPS) is 14.4. The van der Waals surface area contributed by atoms with Crippen molar-refractivity contribution >= 4 is 33.2 Å². The number of allylic oxidation sites excluding steroid dienone is 1. The summed E-state index contributed by atoms with van der Waals surface area (Å²) in [6.45, 7) is 10.5. The molecule has 1 fully saturated rings. The Bertz CT molecular complexity index is 1590. The molecule has 1 saturated heterocycles. The number of aromatic nitrogens is 5. The summed E-state index contributed by atoms with van der Waals surface area (Å²) in [6.07, 6.45) is 10.9. The van der Waals surface area contributed by atoms with Gasteiger partial charge in [0, 0.05) is 54.4 Å². The number of anilines is 2. The van der Waals surface area contributed by atoms with Gasteiger partial charge in [0.25, 0.3) is 0 Å². The SMILES string of the molecule is C=C(CCCC)Nc1cncc(-c2ccc3[nH]nc(-c4cc5c(N6CCN(C)CC6)cncc5[nH]4)c3c2)c1.